The summed E-state index contributed by atoms with van der Waals surface area (Å²) in [6, 6.07) is 9.79. The third kappa shape index (κ3) is 2.66. The van der Waals surface area contributed by atoms with Gasteiger partial charge in [-0.15, -0.1) is 0 Å². The lowest BCUT2D eigenvalue weighted by Crippen LogP contribution is -2.61. The molecule has 1 aromatic rings. The fourth-order valence-electron chi connectivity index (χ4n) is 3.69. The lowest BCUT2D eigenvalue weighted by molar-refractivity contribution is -0.148. The van der Waals surface area contributed by atoms with E-state index >= 15 is 0 Å². The van der Waals surface area contributed by atoms with E-state index in [1.54, 1.807) is 0 Å². The Balaban J connectivity index is 1.81. The number of amides is 1. The maximum atomic E-state index is 12.5. The largest absolute Gasteiger partial charge is 0.383 e. The molecular formula is C18H26N2O2. The monoisotopic (exact) mass is 302 g/mol. The van der Waals surface area contributed by atoms with Crippen molar-refractivity contribution in [1.29, 1.82) is 0 Å². The molecule has 2 aliphatic rings. The number of hydrogen-bond donors (Lipinski definition) is 1. The molecule has 0 radical (unpaired) electrons. The van der Waals surface area contributed by atoms with Crippen molar-refractivity contribution < 1.29 is 9.90 Å². The van der Waals surface area contributed by atoms with E-state index in [4.69, 9.17) is 0 Å². The van der Waals surface area contributed by atoms with Crippen LogP contribution in [0.1, 0.15) is 31.2 Å². The molecule has 2 atom stereocenters. The normalized spacial score (nSPS) is 29.5. The summed E-state index contributed by atoms with van der Waals surface area (Å²) in [7, 11) is 3.96. The van der Waals surface area contributed by atoms with Crippen LogP contribution in [-0.4, -0.2) is 54.0 Å². The van der Waals surface area contributed by atoms with Gasteiger partial charge in [-0.3, -0.25) is 4.79 Å². The molecule has 0 bridgehead atoms. The number of carbonyl (C=O) groups is 1. The van der Waals surface area contributed by atoms with Crippen LogP contribution >= 0.6 is 0 Å². The number of nitrogens with zero attached hydrogens (tertiary/aromatic N) is 2. The van der Waals surface area contributed by atoms with Crippen LogP contribution in [0.25, 0.3) is 0 Å². The molecule has 1 amide bonds. The van der Waals surface area contributed by atoms with Crippen molar-refractivity contribution in [2.45, 2.75) is 37.3 Å². The highest BCUT2D eigenvalue weighted by Gasteiger charge is 2.46. The first-order valence-corrected chi connectivity index (χ1v) is 8.25. The number of likely N-dealkylation sites (N-methyl/N-ethyl adjacent to an activating group) is 1. The first-order chi connectivity index (χ1) is 10.5. The number of piperidine rings is 1. The molecule has 4 heteroatoms. The first kappa shape index (κ1) is 15.5. The molecule has 120 valence electrons. The quantitative estimate of drug-likeness (QED) is 0.926. The average Bonchev–Trinajstić information content (AvgIpc) is 2.46. The van der Waals surface area contributed by atoms with Crippen LogP contribution in [-0.2, 0) is 10.4 Å². The molecule has 22 heavy (non-hydrogen) atoms. The molecule has 1 aromatic carbocycles. The fraction of sp³-hybridized carbons (Fsp3) is 0.611. The van der Waals surface area contributed by atoms with Gasteiger partial charge in [0.2, 0.25) is 5.91 Å². The summed E-state index contributed by atoms with van der Waals surface area (Å²) in [5.41, 5.74) is 0.0608. The van der Waals surface area contributed by atoms with Crippen molar-refractivity contribution in [3.63, 3.8) is 0 Å². The molecule has 2 fully saturated rings. The zero-order valence-corrected chi connectivity index (χ0v) is 13.5. The molecule has 0 spiro atoms. The molecule has 0 unspecified atom stereocenters. The van der Waals surface area contributed by atoms with Crippen LogP contribution in [0.3, 0.4) is 0 Å². The van der Waals surface area contributed by atoms with E-state index in [2.05, 4.69) is 0 Å². The Bertz CT molecular complexity index is 527. The molecule has 3 rings (SSSR count). The Hall–Kier alpha value is -1.39. The maximum absolute atomic E-state index is 12.5. The van der Waals surface area contributed by atoms with Crippen LogP contribution in [0.2, 0.25) is 0 Å². The van der Waals surface area contributed by atoms with E-state index < -0.39 is 5.60 Å². The van der Waals surface area contributed by atoms with Gasteiger partial charge in [0.25, 0.3) is 0 Å². The second kappa shape index (κ2) is 6.01. The molecule has 1 saturated carbocycles. The lowest BCUT2D eigenvalue weighted by atomic mass is 9.78. The molecule has 1 aliphatic heterocycles. The molecule has 1 N–H and O–H groups in total. The number of benzene rings is 1. The molecule has 4 nitrogen and oxygen atoms in total. The Morgan fingerprint density at radius 1 is 1.27 bits per heavy atom. The number of rotatable bonds is 3. The highest BCUT2D eigenvalue weighted by Crippen LogP contribution is 2.37. The van der Waals surface area contributed by atoms with Gasteiger partial charge < -0.3 is 14.9 Å². The van der Waals surface area contributed by atoms with E-state index in [9.17, 15) is 9.90 Å². The summed E-state index contributed by atoms with van der Waals surface area (Å²) >= 11 is 0. The van der Waals surface area contributed by atoms with Gasteiger partial charge in [-0.2, -0.15) is 0 Å². The highest BCUT2D eigenvalue weighted by atomic mass is 16.3. The molecule has 1 heterocycles. The minimum absolute atomic E-state index is 0.0762. The smallest absolute Gasteiger partial charge is 0.225 e. The lowest BCUT2D eigenvalue weighted by Gasteiger charge is -2.48. The van der Waals surface area contributed by atoms with Crippen molar-refractivity contribution in [2.75, 3.05) is 27.2 Å². The van der Waals surface area contributed by atoms with E-state index in [0.29, 0.717) is 19.5 Å². The molecule has 1 saturated heterocycles. The molecule has 1 aliphatic carbocycles. The van der Waals surface area contributed by atoms with E-state index in [1.807, 2.05) is 54.2 Å². The van der Waals surface area contributed by atoms with Gasteiger partial charge in [0.15, 0.2) is 0 Å². The van der Waals surface area contributed by atoms with Crippen LogP contribution in [0, 0.1) is 5.92 Å². The first-order valence-electron chi connectivity index (χ1n) is 8.25. The Kier molecular flexibility index (Phi) is 4.24. The van der Waals surface area contributed by atoms with Crippen LogP contribution in [0.15, 0.2) is 30.3 Å². The summed E-state index contributed by atoms with van der Waals surface area (Å²) in [5.74, 6) is 0.513. The number of hydrogen-bond acceptors (Lipinski definition) is 3. The van der Waals surface area contributed by atoms with Gasteiger partial charge in [0, 0.05) is 19.0 Å². The third-order valence-corrected chi connectivity index (χ3v) is 5.37. The summed E-state index contributed by atoms with van der Waals surface area (Å²) in [6.07, 6.45) is 3.84. The zero-order chi connectivity index (χ0) is 15.7. The maximum Gasteiger partial charge on any atom is 0.225 e. The predicted octanol–water partition coefficient (Wildman–Crippen LogP) is 1.84. The minimum atomic E-state index is -0.888. The number of likely N-dealkylation sites (tertiary alicyclic amines) is 1. The topological polar surface area (TPSA) is 43.8 Å². The average molecular weight is 302 g/mol. The van der Waals surface area contributed by atoms with Gasteiger partial charge >= 0.3 is 0 Å². The SMILES string of the molecule is CN(C)[C@@H]1CN(C(=O)C2CCC2)CC[C@]1(O)c1ccccc1. The second-order valence-electron chi connectivity index (χ2n) is 6.93. The Morgan fingerprint density at radius 2 is 1.95 bits per heavy atom. The van der Waals surface area contributed by atoms with E-state index in [0.717, 1.165) is 18.4 Å². The van der Waals surface area contributed by atoms with E-state index in [-0.39, 0.29) is 17.9 Å². The fourth-order valence-corrected chi connectivity index (χ4v) is 3.69. The Morgan fingerprint density at radius 3 is 2.50 bits per heavy atom. The standard InChI is InChI=1S/C18H26N2O2/c1-19(2)16-13-20(17(21)14-7-6-8-14)12-11-18(16,22)15-9-4-3-5-10-15/h3-5,9-10,14,16,22H,6-8,11-13H2,1-2H3/t16-,18+/m1/s1. The third-order valence-electron chi connectivity index (χ3n) is 5.37. The van der Waals surface area contributed by atoms with Gasteiger partial charge in [-0.05, 0) is 38.9 Å². The van der Waals surface area contributed by atoms with Crippen molar-refractivity contribution in [2.24, 2.45) is 5.92 Å². The minimum Gasteiger partial charge on any atom is -0.383 e. The van der Waals surface area contributed by atoms with Crippen LogP contribution in [0.5, 0.6) is 0 Å². The van der Waals surface area contributed by atoms with Crippen molar-refractivity contribution in [3.05, 3.63) is 35.9 Å². The predicted molar refractivity (Wildman–Crippen MR) is 86.4 cm³/mol. The van der Waals surface area contributed by atoms with Gasteiger partial charge in [0.1, 0.15) is 5.60 Å². The summed E-state index contributed by atoms with van der Waals surface area (Å²) in [6.45, 7) is 1.25. The van der Waals surface area contributed by atoms with Gasteiger partial charge in [-0.1, -0.05) is 36.8 Å². The van der Waals surface area contributed by atoms with Gasteiger partial charge in [0.05, 0.1) is 6.04 Å². The molecule has 0 aromatic heterocycles. The summed E-state index contributed by atoms with van der Waals surface area (Å²) in [5, 5.41) is 11.3. The summed E-state index contributed by atoms with van der Waals surface area (Å²) < 4.78 is 0. The van der Waals surface area contributed by atoms with Crippen molar-refractivity contribution >= 4 is 5.91 Å². The highest BCUT2D eigenvalue weighted by molar-refractivity contribution is 5.79. The Labute approximate surface area is 132 Å². The van der Waals surface area contributed by atoms with Crippen LogP contribution in [0.4, 0.5) is 0 Å². The van der Waals surface area contributed by atoms with Crippen molar-refractivity contribution in [3.8, 4) is 0 Å². The number of aliphatic hydroxyl groups is 1. The second-order valence-corrected chi connectivity index (χ2v) is 6.93. The van der Waals surface area contributed by atoms with E-state index in [1.165, 1.54) is 6.42 Å². The number of carbonyl (C=O) groups excluding carboxylic acids is 1. The molecular weight excluding hydrogens is 276 g/mol. The van der Waals surface area contributed by atoms with Gasteiger partial charge in [-0.25, -0.2) is 0 Å². The zero-order valence-electron chi connectivity index (χ0n) is 13.5. The van der Waals surface area contributed by atoms with Crippen LogP contribution < -0.4 is 0 Å². The summed E-state index contributed by atoms with van der Waals surface area (Å²) in [4.78, 5) is 16.5. The van der Waals surface area contributed by atoms with Crippen molar-refractivity contribution in [1.82, 2.24) is 9.80 Å².